The van der Waals surface area contributed by atoms with Gasteiger partial charge in [0.2, 0.25) is 0 Å². The van der Waals surface area contributed by atoms with Crippen LogP contribution in [0.1, 0.15) is 11.9 Å². The van der Waals surface area contributed by atoms with Gasteiger partial charge in [0.15, 0.2) is 11.9 Å². The number of benzene rings is 1. The maximum atomic E-state index is 10.9. The zero-order chi connectivity index (χ0) is 11.0. The maximum Gasteiger partial charge on any atom is 0.340 e. The van der Waals surface area contributed by atoms with Crippen molar-refractivity contribution in [2.45, 2.75) is 6.10 Å². The van der Waals surface area contributed by atoms with Crippen LogP contribution in [0, 0.1) is 0 Å². The van der Waals surface area contributed by atoms with Gasteiger partial charge in [-0.25, -0.2) is 9.89 Å². The Labute approximate surface area is 90.7 Å². The van der Waals surface area contributed by atoms with Crippen molar-refractivity contribution in [3.8, 4) is 5.75 Å². The minimum Gasteiger partial charge on any atom is -0.478 e. The van der Waals surface area contributed by atoms with E-state index in [1.54, 1.807) is 0 Å². The molecule has 16 heavy (non-hydrogen) atoms. The molecule has 1 atom stereocenters. The predicted molar refractivity (Wildman–Crippen MR) is 57.5 cm³/mol. The van der Waals surface area contributed by atoms with E-state index >= 15 is 0 Å². The van der Waals surface area contributed by atoms with E-state index in [9.17, 15) is 4.79 Å². The average molecular weight is 218 g/mol. The number of H-pyrrole nitrogens is 2. The Morgan fingerprint density at radius 3 is 3.06 bits per heavy atom. The molecule has 1 aliphatic heterocycles. The van der Waals surface area contributed by atoms with Crippen LogP contribution < -0.4 is 15.7 Å². The van der Waals surface area contributed by atoms with E-state index in [1.807, 2.05) is 24.3 Å². The number of rotatable bonds is 1. The van der Waals surface area contributed by atoms with Crippen LogP contribution in [0.2, 0.25) is 0 Å². The summed E-state index contributed by atoms with van der Waals surface area (Å²) >= 11 is 0. The standard InChI is InChI=1S/C10H10N4O2/c15-10-12-9(13-14-10)8-5-11-6-3-1-2-4-7(6)16-8/h1-4,8,11H,5H2,(H2,12,13,14,15). The zero-order valence-electron chi connectivity index (χ0n) is 8.36. The molecular weight excluding hydrogens is 208 g/mol. The summed E-state index contributed by atoms with van der Waals surface area (Å²) in [5, 5.41) is 9.39. The van der Waals surface area contributed by atoms with Crippen molar-refractivity contribution in [2.75, 3.05) is 11.9 Å². The lowest BCUT2D eigenvalue weighted by Gasteiger charge is -2.25. The highest BCUT2D eigenvalue weighted by atomic mass is 16.5. The molecule has 0 amide bonds. The average Bonchev–Trinajstić information content (AvgIpc) is 2.75. The van der Waals surface area contributed by atoms with Gasteiger partial charge in [-0.2, -0.15) is 5.10 Å². The van der Waals surface area contributed by atoms with Gasteiger partial charge in [-0.05, 0) is 12.1 Å². The number of nitrogens with one attached hydrogen (secondary N) is 3. The third-order valence-corrected chi connectivity index (χ3v) is 2.46. The van der Waals surface area contributed by atoms with Crippen molar-refractivity contribution >= 4 is 5.69 Å². The van der Waals surface area contributed by atoms with Crippen molar-refractivity contribution in [3.63, 3.8) is 0 Å². The summed E-state index contributed by atoms with van der Waals surface area (Å²) in [6, 6.07) is 7.65. The zero-order valence-corrected chi connectivity index (χ0v) is 8.36. The fraction of sp³-hybridized carbons (Fsp3) is 0.200. The second kappa shape index (κ2) is 3.41. The Hall–Kier alpha value is -2.24. The summed E-state index contributed by atoms with van der Waals surface area (Å²) < 4.78 is 5.72. The van der Waals surface area contributed by atoms with Crippen LogP contribution in [-0.2, 0) is 0 Å². The third-order valence-electron chi connectivity index (χ3n) is 2.46. The van der Waals surface area contributed by atoms with Crippen LogP contribution >= 0.6 is 0 Å². The number of para-hydroxylation sites is 2. The summed E-state index contributed by atoms with van der Waals surface area (Å²) in [5.41, 5.74) is 0.633. The van der Waals surface area contributed by atoms with E-state index in [2.05, 4.69) is 20.5 Å². The van der Waals surface area contributed by atoms with Gasteiger partial charge in [0, 0.05) is 0 Å². The monoisotopic (exact) mass is 218 g/mol. The highest BCUT2D eigenvalue weighted by Crippen LogP contribution is 2.32. The minimum atomic E-state index is -0.322. The first-order chi connectivity index (χ1) is 7.83. The van der Waals surface area contributed by atoms with E-state index in [4.69, 9.17) is 4.74 Å². The van der Waals surface area contributed by atoms with Crippen molar-refractivity contribution in [2.24, 2.45) is 0 Å². The number of fused-ring (bicyclic) bond motifs is 1. The van der Waals surface area contributed by atoms with E-state index in [0.717, 1.165) is 11.4 Å². The lowest BCUT2D eigenvalue weighted by molar-refractivity contribution is 0.201. The molecule has 1 unspecified atom stereocenters. The molecular formula is C10H10N4O2. The first kappa shape index (κ1) is 9.02. The van der Waals surface area contributed by atoms with Gasteiger partial charge in [-0.1, -0.05) is 12.1 Å². The highest BCUT2D eigenvalue weighted by molar-refractivity contribution is 5.57. The molecule has 6 heteroatoms. The van der Waals surface area contributed by atoms with Crippen LogP contribution in [0.15, 0.2) is 29.1 Å². The van der Waals surface area contributed by atoms with Gasteiger partial charge in [0.1, 0.15) is 5.75 Å². The third kappa shape index (κ3) is 1.44. The molecule has 0 spiro atoms. The lowest BCUT2D eigenvalue weighted by atomic mass is 10.2. The number of hydrogen-bond acceptors (Lipinski definition) is 4. The SMILES string of the molecule is O=c1[nH]nc(C2CNc3ccccc3O2)[nH]1. The van der Waals surface area contributed by atoms with Crippen LogP contribution in [0.5, 0.6) is 5.75 Å². The number of hydrogen-bond donors (Lipinski definition) is 3. The Bertz CT molecular complexity index is 560. The fourth-order valence-corrected chi connectivity index (χ4v) is 1.70. The van der Waals surface area contributed by atoms with Gasteiger partial charge < -0.3 is 10.1 Å². The molecule has 1 aromatic carbocycles. The lowest BCUT2D eigenvalue weighted by Crippen LogP contribution is -2.24. The Morgan fingerprint density at radius 1 is 1.38 bits per heavy atom. The Kier molecular flexibility index (Phi) is 1.92. The number of nitrogens with zero attached hydrogens (tertiary/aromatic N) is 1. The van der Waals surface area contributed by atoms with Crippen LogP contribution in [0.25, 0.3) is 0 Å². The van der Waals surface area contributed by atoms with Crippen LogP contribution in [0.3, 0.4) is 0 Å². The van der Waals surface area contributed by atoms with Gasteiger partial charge >= 0.3 is 5.69 Å². The molecule has 0 aliphatic carbocycles. The number of ether oxygens (including phenoxy) is 1. The highest BCUT2D eigenvalue weighted by Gasteiger charge is 2.22. The molecule has 2 heterocycles. The predicted octanol–water partition coefficient (Wildman–Crippen LogP) is 0.644. The minimum absolute atomic E-state index is 0.270. The molecule has 6 nitrogen and oxygen atoms in total. The largest absolute Gasteiger partial charge is 0.478 e. The molecule has 0 saturated carbocycles. The van der Waals surface area contributed by atoms with E-state index < -0.39 is 0 Å². The summed E-state index contributed by atoms with van der Waals surface area (Å²) in [6.07, 6.45) is -0.270. The Morgan fingerprint density at radius 2 is 2.25 bits per heavy atom. The molecule has 2 aromatic rings. The summed E-state index contributed by atoms with van der Waals surface area (Å²) in [5.74, 6) is 1.27. The molecule has 1 aliphatic rings. The molecule has 3 rings (SSSR count). The number of aromatic amines is 2. The second-order valence-corrected chi connectivity index (χ2v) is 3.55. The van der Waals surface area contributed by atoms with Crippen molar-refractivity contribution < 1.29 is 4.74 Å². The fourth-order valence-electron chi connectivity index (χ4n) is 1.70. The molecule has 0 bridgehead atoms. The van der Waals surface area contributed by atoms with Gasteiger partial charge in [0.25, 0.3) is 0 Å². The Balaban J connectivity index is 1.90. The smallest absolute Gasteiger partial charge is 0.340 e. The van der Waals surface area contributed by atoms with Crippen molar-refractivity contribution in [1.82, 2.24) is 15.2 Å². The van der Waals surface area contributed by atoms with Gasteiger partial charge in [0.05, 0.1) is 12.2 Å². The van der Waals surface area contributed by atoms with E-state index in [0.29, 0.717) is 12.4 Å². The topological polar surface area (TPSA) is 82.8 Å². The molecule has 1 aromatic heterocycles. The number of anilines is 1. The molecule has 82 valence electrons. The molecule has 0 fully saturated rings. The first-order valence-electron chi connectivity index (χ1n) is 4.97. The van der Waals surface area contributed by atoms with Crippen molar-refractivity contribution in [1.29, 1.82) is 0 Å². The summed E-state index contributed by atoms with van der Waals surface area (Å²) in [4.78, 5) is 13.5. The second-order valence-electron chi connectivity index (χ2n) is 3.55. The maximum absolute atomic E-state index is 10.9. The van der Waals surface area contributed by atoms with Crippen molar-refractivity contribution in [3.05, 3.63) is 40.6 Å². The normalized spacial score (nSPS) is 18.4. The first-order valence-corrected chi connectivity index (χ1v) is 4.97. The summed E-state index contributed by atoms with van der Waals surface area (Å²) in [7, 11) is 0. The van der Waals surface area contributed by atoms with Gasteiger partial charge in [-0.3, -0.25) is 4.98 Å². The summed E-state index contributed by atoms with van der Waals surface area (Å²) in [6.45, 7) is 0.581. The van der Waals surface area contributed by atoms with Gasteiger partial charge in [-0.15, -0.1) is 0 Å². The van der Waals surface area contributed by atoms with E-state index in [1.165, 1.54) is 0 Å². The molecule has 0 saturated heterocycles. The van der Waals surface area contributed by atoms with E-state index in [-0.39, 0.29) is 11.8 Å². The molecule has 0 radical (unpaired) electrons. The number of aromatic nitrogens is 3. The van der Waals surface area contributed by atoms with Crippen LogP contribution in [0.4, 0.5) is 5.69 Å². The van der Waals surface area contributed by atoms with Crippen LogP contribution in [-0.4, -0.2) is 21.7 Å². The quantitative estimate of drug-likeness (QED) is 0.656. The molecule has 3 N–H and O–H groups in total.